The van der Waals surface area contributed by atoms with Crippen LogP contribution < -0.4 is 0 Å². The maximum Gasteiger partial charge on any atom is 0.0412 e. The topological polar surface area (TPSA) is 4.93 Å². The van der Waals surface area contributed by atoms with Crippen LogP contribution in [0, 0.1) is 0 Å². The van der Waals surface area contributed by atoms with Crippen molar-refractivity contribution in [3.63, 3.8) is 0 Å². The molecule has 0 fully saturated rings. The van der Waals surface area contributed by atoms with Crippen LogP contribution in [0.5, 0.6) is 0 Å². The highest BCUT2D eigenvalue weighted by atomic mass is 15.0. The summed E-state index contributed by atoms with van der Waals surface area (Å²) >= 11 is 0. The lowest BCUT2D eigenvalue weighted by molar-refractivity contribution is 0.711. The van der Waals surface area contributed by atoms with Gasteiger partial charge in [0.25, 0.3) is 0 Å². The second-order valence-electron chi connectivity index (χ2n) is 3.35. The molecule has 0 bridgehead atoms. The van der Waals surface area contributed by atoms with Gasteiger partial charge in [0.05, 0.1) is 0 Å². The van der Waals surface area contributed by atoms with Crippen molar-refractivity contribution in [2.24, 2.45) is 0 Å². The van der Waals surface area contributed by atoms with Crippen molar-refractivity contribution < 1.29 is 0 Å². The van der Waals surface area contributed by atoms with Gasteiger partial charge >= 0.3 is 0 Å². The molecule has 1 aromatic rings. The smallest absolute Gasteiger partial charge is 0.0412 e. The Morgan fingerprint density at radius 1 is 1.36 bits per heavy atom. The Morgan fingerprint density at radius 2 is 2.18 bits per heavy atom. The number of rotatable bonds is 1. The molecule has 2 heterocycles. The summed E-state index contributed by atoms with van der Waals surface area (Å²) in [7, 11) is 0. The summed E-state index contributed by atoms with van der Waals surface area (Å²) in [6.07, 6.45) is 4.40. The van der Waals surface area contributed by atoms with Crippen LogP contribution in [0.25, 0.3) is 6.08 Å². The van der Waals surface area contributed by atoms with Crippen molar-refractivity contribution in [3.8, 4) is 0 Å². The van der Waals surface area contributed by atoms with Crippen LogP contribution in [0.3, 0.4) is 0 Å². The van der Waals surface area contributed by atoms with Crippen LogP contribution in [0.1, 0.15) is 31.2 Å². The summed E-state index contributed by atoms with van der Waals surface area (Å²) in [6, 6.07) is 4.42. The SMILES string of the molecule is CC(C)c1ccc2n1CC=C2. The molecule has 1 aliphatic heterocycles. The zero-order valence-corrected chi connectivity index (χ0v) is 7.04. The second-order valence-corrected chi connectivity index (χ2v) is 3.35. The fourth-order valence-electron chi connectivity index (χ4n) is 1.64. The molecular weight excluding hydrogens is 134 g/mol. The van der Waals surface area contributed by atoms with E-state index in [2.05, 4.69) is 42.7 Å². The lowest BCUT2D eigenvalue weighted by Gasteiger charge is -2.08. The molecule has 0 N–H and O–H groups in total. The normalized spacial score (nSPS) is 14.5. The maximum absolute atomic E-state index is 2.37. The highest BCUT2D eigenvalue weighted by Gasteiger charge is 2.10. The first-order valence-corrected chi connectivity index (χ1v) is 4.15. The molecule has 0 aliphatic carbocycles. The van der Waals surface area contributed by atoms with Crippen molar-refractivity contribution in [1.29, 1.82) is 0 Å². The Morgan fingerprint density at radius 3 is 2.91 bits per heavy atom. The van der Waals surface area contributed by atoms with E-state index in [0.29, 0.717) is 5.92 Å². The van der Waals surface area contributed by atoms with Crippen molar-refractivity contribution in [1.82, 2.24) is 4.57 Å². The molecule has 0 radical (unpaired) electrons. The number of hydrogen-bond acceptors (Lipinski definition) is 0. The molecule has 0 saturated carbocycles. The molecule has 11 heavy (non-hydrogen) atoms. The molecule has 1 heteroatoms. The van der Waals surface area contributed by atoms with E-state index in [4.69, 9.17) is 0 Å². The number of aromatic nitrogens is 1. The van der Waals surface area contributed by atoms with Crippen molar-refractivity contribution >= 4 is 6.08 Å². The van der Waals surface area contributed by atoms with Gasteiger partial charge in [-0.25, -0.2) is 0 Å². The molecule has 1 aromatic heterocycles. The standard InChI is InChI=1S/C10H13N/c1-8(2)10-6-5-9-4-3-7-11(9)10/h3-6,8H,7H2,1-2H3. The fourth-order valence-corrected chi connectivity index (χ4v) is 1.64. The molecule has 0 atom stereocenters. The Kier molecular flexibility index (Phi) is 1.38. The summed E-state index contributed by atoms with van der Waals surface area (Å²) in [5.74, 6) is 0.642. The van der Waals surface area contributed by atoms with Gasteiger partial charge in [0.1, 0.15) is 0 Å². The van der Waals surface area contributed by atoms with Gasteiger partial charge in [0.2, 0.25) is 0 Å². The highest BCUT2D eigenvalue weighted by molar-refractivity contribution is 5.50. The lowest BCUT2D eigenvalue weighted by Crippen LogP contribution is -2.00. The van der Waals surface area contributed by atoms with Gasteiger partial charge in [-0.3, -0.25) is 0 Å². The molecule has 0 amide bonds. The van der Waals surface area contributed by atoms with Crippen LogP contribution in [-0.2, 0) is 6.54 Å². The fraction of sp³-hybridized carbons (Fsp3) is 0.400. The minimum Gasteiger partial charge on any atom is -0.341 e. The number of allylic oxidation sites excluding steroid dienone is 1. The highest BCUT2D eigenvalue weighted by Crippen LogP contribution is 2.22. The van der Waals surface area contributed by atoms with Crippen molar-refractivity contribution in [2.45, 2.75) is 26.3 Å². The largest absolute Gasteiger partial charge is 0.341 e. The average molecular weight is 147 g/mol. The number of hydrogen-bond donors (Lipinski definition) is 0. The van der Waals surface area contributed by atoms with E-state index in [1.165, 1.54) is 11.4 Å². The second kappa shape index (κ2) is 2.26. The predicted octanol–water partition coefficient (Wildman–Crippen LogP) is 2.64. The van der Waals surface area contributed by atoms with Crippen molar-refractivity contribution in [3.05, 3.63) is 29.6 Å². The Balaban J connectivity index is 2.47. The van der Waals surface area contributed by atoms with E-state index in [-0.39, 0.29) is 0 Å². The van der Waals surface area contributed by atoms with Gasteiger partial charge < -0.3 is 4.57 Å². The molecule has 2 rings (SSSR count). The first-order valence-electron chi connectivity index (χ1n) is 4.15. The molecule has 0 spiro atoms. The van der Waals surface area contributed by atoms with Crippen LogP contribution in [0.2, 0.25) is 0 Å². The van der Waals surface area contributed by atoms with Crippen LogP contribution in [0.4, 0.5) is 0 Å². The van der Waals surface area contributed by atoms with E-state index in [0.717, 1.165) is 6.54 Å². The third-order valence-corrected chi connectivity index (χ3v) is 2.22. The number of nitrogens with zero attached hydrogens (tertiary/aromatic N) is 1. The van der Waals surface area contributed by atoms with E-state index >= 15 is 0 Å². The van der Waals surface area contributed by atoms with E-state index in [1.807, 2.05) is 0 Å². The van der Waals surface area contributed by atoms with Gasteiger partial charge in [-0.05, 0) is 24.1 Å². The van der Waals surface area contributed by atoms with Gasteiger partial charge in [-0.15, -0.1) is 0 Å². The molecule has 0 aromatic carbocycles. The number of fused-ring (bicyclic) bond motifs is 1. The Bertz CT molecular complexity index is 292. The van der Waals surface area contributed by atoms with E-state index in [1.54, 1.807) is 0 Å². The quantitative estimate of drug-likeness (QED) is 0.575. The monoisotopic (exact) mass is 147 g/mol. The third kappa shape index (κ3) is 0.917. The molecule has 0 saturated heterocycles. The summed E-state index contributed by atoms with van der Waals surface area (Å²) in [5.41, 5.74) is 2.80. The summed E-state index contributed by atoms with van der Waals surface area (Å²) in [4.78, 5) is 0. The van der Waals surface area contributed by atoms with Crippen LogP contribution >= 0.6 is 0 Å². The van der Waals surface area contributed by atoms with Crippen molar-refractivity contribution in [2.75, 3.05) is 0 Å². The van der Waals surface area contributed by atoms with E-state index in [9.17, 15) is 0 Å². The third-order valence-electron chi connectivity index (χ3n) is 2.22. The zero-order valence-electron chi connectivity index (χ0n) is 7.04. The average Bonchev–Trinajstić information content (AvgIpc) is 2.41. The van der Waals surface area contributed by atoms with Gasteiger partial charge in [-0.2, -0.15) is 0 Å². The molecular formula is C10H13N. The Hall–Kier alpha value is -0.980. The van der Waals surface area contributed by atoms with E-state index < -0.39 is 0 Å². The zero-order chi connectivity index (χ0) is 7.84. The molecule has 0 unspecified atom stereocenters. The summed E-state index contributed by atoms with van der Waals surface area (Å²) in [6.45, 7) is 5.54. The minimum absolute atomic E-state index is 0.642. The molecule has 1 aliphatic rings. The minimum atomic E-state index is 0.642. The Labute approximate surface area is 67.3 Å². The van der Waals surface area contributed by atoms with Crippen LogP contribution in [0.15, 0.2) is 18.2 Å². The summed E-state index contributed by atoms with van der Waals surface area (Å²) in [5, 5.41) is 0. The lowest BCUT2D eigenvalue weighted by atomic mass is 10.1. The maximum atomic E-state index is 2.37. The van der Waals surface area contributed by atoms with Gasteiger partial charge in [0, 0.05) is 17.9 Å². The first-order chi connectivity index (χ1) is 5.29. The van der Waals surface area contributed by atoms with Gasteiger partial charge in [0.15, 0.2) is 0 Å². The van der Waals surface area contributed by atoms with Crippen LogP contribution in [-0.4, -0.2) is 4.57 Å². The van der Waals surface area contributed by atoms with Gasteiger partial charge in [-0.1, -0.05) is 19.9 Å². The predicted molar refractivity (Wildman–Crippen MR) is 47.6 cm³/mol. The summed E-state index contributed by atoms with van der Waals surface area (Å²) < 4.78 is 2.37. The first kappa shape index (κ1) is 6.71. The molecule has 1 nitrogen and oxygen atoms in total. The molecule has 58 valence electrons.